The highest BCUT2D eigenvalue weighted by atomic mass is 19.1. The van der Waals surface area contributed by atoms with Crippen LogP contribution in [0.4, 0.5) is 4.39 Å². The van der Waals surface area contributed by atoms with Crippen molar-refractivity contribution in [3.63, 3.8) is 0 Å². The Bertz CT molecular complexity index is 533. The minimum absolute atomic E-state index is 0.140. The minimum Gasteiger partial charge on any atom is -0.357 e. The van der Waals surface area contributed by atoms with Gasteiger partial charge in [-0.15, -0.1) is 0 Å². The minimum atomic E-state index is -0.373. The summed E-state index contributed by atoms with van der Waals surface area (Å²) in [6, 6.07) is 5.44. The fourth-order valence-corrected chi connectivity index (χ4v) is 1.39. The van der Waals surface area contributed by atoms with E-state index in [0.717, 1.165) is 0 Å². The molecule has 1 aromatic carbocycles. The van der Waals surface area contributed by atoms with Crippen LogP contribution in [0.5, 0.6) is 0 Å². The predicted molar refractivity (Wildman–Crippen MR) is 52.4 cm³/mol. The molecule has 3 N–H and O–H groups in total. The van der Waals surface area contributed by atoms with Crippen molar-refractivity contribution in [2.24, 2.45) is 5.73 Å². The fourth-order valence-electron chi connectivity index (χ4n) is 1.39. The zero-order valence-corrected chi connectivity index (χ0v) is 7.38. The van der Waals surface area contributed by atoms with E-state index in [0.29, 0.717) is 16.6 Å². The van der Waals surface area contributed by atoms with E-state index in [1.807, 2.05) is 0 Å². The van der Waals surface area contributed by atoms with Gasteiger partial charge >= 0.3 is 0 Å². The van der Waals surface area contributed by atoms with Crippen molar-refractivity contribution in [2.45, 2.75) is 6.54 Å². The summed E-state index contributed by atoms with van der Waals surface area (Å²) in [4.78, 5) is 14.4. The summed E-state index contributed by atoms with van der Waals surface area (Å²) in [5.41, 5.74) is 6.33. The Kier molecular flexibility index (Phi) is 2.05. The number of halogens is 1. The van der Waals surface area contributed by atoms with E-state index in [-0.39, 0.29) is 17.8 Å². The topological polar surface area (TPSA) is 58.9 Å². The smallest absolute Gasteiger partial charge is 0.189 e. The van der Waals surface area contributed by atoms with Gasteiger partial charge in [-0.3, -0.25) is 4.79 Å². The highest BCUT2D eigenvalue weighted by Crippen LogP contribution is 2.09. The Balaban J connectivity index is 2.84. The van der Waals surface area contributed by atoms with Gasteiger partial charge in [-0.1, -0.05) is 0 Å². The number of pyridine rings is 1. The van der Waals surface area contributed by atoms with Crippen LogP contribution >= 0.6 is 0 Å². The monoisotopic (exact) mass is 192 g/mol. The van der Waals surface area contributed by atoms with E-state index >= 15 is 0 Å². The van der Waals surface area contributed by atoms with Crippen molar-refractivity contribution in [2.75, 3.05) is 0 Å². The number of hydrogen-bond donors (Lipinski definition) is 2. The molecule has 4 heteroatoms. The maximum Gasteiger partial charge on any atom is 0.189 e. The summed E-state index contributed by atoms with van der Waals surface area (Å²) < 4.78 is 12.9. The number of aromatic nitrogens is 1. The molecule has 0 spiro atoms. The standard InChI is InChI=1S/C10H9FN2O/c11-6-1-2-8-9(3-6)13-7(5-12)4-10(8)14/h1-4H,5,12H2,(H,13,14). The van der Waals surface area contributed by atoms with Crippen LogP contribution in [0.15, 0.2) is 29.1 Å². The van der Waals surface area contributed by atoms with Crippen molar-refractivity contribution < 1.29 is 4.39 Å². The van der Waals surface area contributed by atoms with Crippen LogP contribution < -0.4 is 11.2 Å². The van der Waals surface area contributed by atoms with Crippen LogP contribution in [0.1, 0.15) is 5.69 Å². The van der Waals surface area contributed by atoms with Crippen LogP contribution in [0, 0.1) is 5.82 Å². The molecule has 0 bridgehead atoms. The van der Waals surface area contributed by atoms with Gasteiger partial charge in [-0.2, -0.15) is 0 Å². The van der Waals surface area contributed by atoms with E-state index in [1.165, 1.54) is 24.3 Å². The van der Waals surface area contributed by atoms with Crippen molar-refractivity contribution in [1.82, 2.24) is 4.98 Å². The molecule has 0 unspecified atom stereocenters. The van der Waals surface area contributed by atoms with Gasteiger partial charge in [-0.05, 0) is 18.2 Å². The van der Waals surface area contributed by atoms with E-state index in [1.54, 1.807) is 0 Å². The van der Waals surface area contributed by atoms with Gasteiger partial charge in [0.05, 0.1) is 5.52 Å². The SMILES string of the molecule is NCc1cc(=O)c2ccc(F)cc2[nH]1. The Hall–Kier alpha value is -1.68. The Morgan fingerprint density at radius 2 is 2.14 bits per heavy atom. The van der Waals surface area contributed by atoms with E-state index in [9.17, 15) is 9.18 Å². The third-order valence-electron chi connectivity index (χ3n) is 2.07. The number of hydrogen-bond acceptors (Lipinski definition) is 2. The summed E-state index contributed by atoms with van der Waals surface area (Å²) in [5.74, 6) is -0.373. The van der Waals surface area contributed by atoms with E-state index in [4.69, 9.17) is 5.73 Å². The molecule has 1 aromatic heterocycles. The van der Waals surface area contributed by atoms with E-state index < -0.39 is 0 Å². The Morgan fingerprint density at radius 1 is 1.36 bits per heavy atom. The second-order valence-corrected chi connectivity index (χ2v) is 3.05. The lowest BCUT2D eigenvalue weighted by Gasteiger charge is -2.01. The van der Waals surface area contributed by atoms with Crippen LogP contribution in [0.3, 0.4) is 0 Å². The summed E-state index contributed by atoms with van der Waals surface area (Å²) in [5, 5.41) is 0.476. The van der Waals surface area contributed by atoms with Crippen molar-refractivity contribution >= 4 is 10.9 Å². The molecule has 0 saturated carbocycles. The summed E-state index contributed by atoms with van der Waals surface area (Å²) in [6.45, 7) is 0.238. The number of nitrogens with two attached hydrogens (primary N) is 1. The first kappa shape index (κ1) is 8.90. The molecule has 2 aromatic rings. The molecule has 1 heterocycles. The quantitative estimate of drug-likeness (QED) is 0.711. The van der Waals surface area contributed by atoms with Gasteiger partial charge in [0.2, 0.25) is 0 Å². The normalized spacial score (nSPS) is 10.7. The molecular weight excluding hydrogens is 183 g/mol. The highest BCUT2D eigenvalue weighted by molar-refractivity contribution is 5.78. The second kappa shape index (κ2) is 3.23. The Morgan fingerprint density at radius 3 is 2.86 bits per heavy atom. The number of nitrogens with one attached hydrogen (secondary N) is 1. The van der Waals surface area contributed by atoms with Gasteiger partial charge in [0.25, 0.3) is 0 Å². The molecule has 0 aliphatic carbocycles. The van der Waals surface area contributed by atoms with Crippen molar-refractivity contribution in [3.05, 3.63) is 46.0 Å². The van der Waals surface area contributed by atoms with Gasteiger partial charge in [0.15, 0.2) is 5.43 Å². The van der Waals surface area contributed by atoms with Gasteiger partial charge in [-0.25, -0.2) is 4.39 Å². The average Bonchev–Trinajstić information content (AvgIpc) is 2.16. The number of rotatable bonds is 1. The first-order chi connectivity index (χ1) is 6.70. The number of H-pyrrole nitrogens is 1. The maximum atomic E-state index is 12.9. The van der Waals surface area contributed by atoms with Crippen LogP contribution in [-0.4, -0.2) is 4.98 Å². The number of fused-ring (bicyclic) bond motifs is 1. The van der Waals surface area contributed by atoms with Gasteiger partial charge < -0.3 is 10.7 Å². The number of benzene rings is 1. The highest BCUT2D eigenvalue weighted by Gasteiger charge is 2.01. The van der Waals surface area contributed by atoms with Crippen molar-refractivity contribution in [1.29, 1.82) is 0 Å². The number of aromatic amines is 1. The molecule has 0 fully saturated rings. The predicted octanol–water partition coefficient (Wildman–Crippen LogP) is 1.13. The van der Waals surface area contributed by atoms with Crippen LogP contribution in [0.25, 0.3) is 10.9 Å². The molecule has 0 amide bonds. The lowest BCUT2D eigenvalue weighted by Crippen LogP contribution is -2.08. The van der Waals surface area contributed by atoms with Crippen LogP contribution in [-0.2, 0) is 6.54 Å². The van der Waals surface area contributed by atoms with Crippen LogP contribution in [0.2, 0.25) is 0 Å². The zero-order valence-electron chi connectivity index (χ0n) is 7.38. The summed E-state index contributed by atoms with van der Waals surface area (Å²) >= 11 is 0. The zero-order chi connectivity index (χ0) is 10.1. The lowest BCUT2D eigenvalue weighted by molar-refractivity contribution is 0.629. The molecule has 0 atom stereocenters. The maximum absolute atomic E-state index is 12.9. The third kappa shape index (κ3) is 1.40. The molecule has 3 nitrogen and oxygen atoms in total. The second-order valence-electron chi connectivity index (χ2n) is 3.05. The van der Waals surface area contributed by atoms with E-state index in [2.05, 4.69) is 4.98 Å². The summed E-state index contributed by atoms with van der Waals surface area (Å²) in [7, 11) is 0. The molecular formula is C10H9FN2O. The van der Waals surface area contributed by atoms with Crippen molar-refractivity contribution in [3.8, 4) is 0 Å². The molecule has 0 radical (unpaired) electrons. The van der Waals surface area contributed by atoms with Gasteiger partial charge in [0, 0.05) is 23.7 Å². The molecule has 14 heavy (non-hydrogen) atoms. The fraction of sp³-hybridized carbons (Fsp3) is 0.100. The first-order valence-corrected chi connectivity index (χ1v) is 4.22. The molecule has 0 aliphatic rings. The molecule has 72 valence electrons. The Labute approximate surface area is 79.4 Å². The molecule has 0 aliphatic heterocycles. The lowest BCUT2D eigenvalue weighted by atomic mass is 10.2. The third-order valence-corrected chi connectivity index (χ3v) is 2.07. The summed E-state index contributed by atoms with van der Waals surface area (Å²) in [6.07, 6.45) is 0. The molecule has 0 saturated heterocycles. The first-order valence-electron chi connectivity index (χ1n) is 4.22. The largest absolute Gasteiger partial charge is 0.357 e. The average molecular weight is 192 g/mol. The van der Waals surface area contributed by atoms with Gasteiger partial charge in [0.1, 0.15) is 5.82 Å². The molecule has 2 rings (SSSR count).